The minimum Gasteiger partial charge on any atom is -0.309 e. The van der Waals surface area contributed by atoms with E-state index in [9.17, 15) is 17.2 Å². The molecule has 0 heterocycles. The Morgan fingerprint density at radius 2 is 1.69 bits per heavy atom. The molecule has 0 aromatic heterocycles. The van der Waals surface area contributed by atoms with Crippen molar-refractivity contribution in [2.24, 2.45) is 0 Å². The molecule has 0 aliphatic carbocycles. The van der Waals surface area contributed by atoms with Crippen LogP contribution in [0.4, 0.5) is 0 Å². The van der Waals surface area contributed by atoms with Gasteiger partial charge in [-0.05, 0) is 32.9 Å². The number of benzene rings is 1. The van der Waals surface area contributed by atoms with Crippen molar-refractivity contribution >= 4 is 28.7 Å². The van der Waals surface area contributed by atoms with Crippen molar-refractivity contribution in [3.8, 4) is 0 Å². The average Bonchev–Trinajstić information content (AvgIpc) is 2.53. The van der Waals surface area contributed by atoms with Gasteiger partial charge >= 0.3 is 7.60 Å². The Hall–Kier alpha value is -0.610. The maximum Gasteiger partial charge on any atom is 0.332 e. The first-order valence-electron chi connectivity index (χ1n) is 8.05. The van der Waals surface area contributed by atoms with Crippen LogP contribution in [0.25, 0.3) is 0 Å². The van der Waals surface area contributed by atoms with Crippen molar-refractivity contribution < 1.29 is 30.4 Å². The quantitative estimate of drug-likeness (QED) is 0.402. The van der Waals surface area contributed by atoms with Gasteiger partial charge in [-0.15, -0.1) is 0 Å². The summed E-state index contributed by atoms with van der Waals surface area (Å²) in [6, 6.07) is 6.18. The summed E-state index contributed by atoms with van der Waals surface area (Å²) in [5, 5.41) is 0. The number of hydrogen-bond acceptors (Lipinski definition) is 7. The molecule has 2 atom stereocenters. The Kier molecular flexibility index (Phi) is 9.60. The molecule has 0 radical (unpaired) electrons. The maximum absolute atomic E-state index is 12.7. The minimum atomic E-state index is -3.72. The molecule has 0 unspecified atom stereocenters. The van der Waals surface area contributed by atoms with Gasteiger partial charge in [0.25, 0.3) is 10.1 Å². The second kappa shape index (κ2) is 10.7. The van der Waals surface area contributed by atoms with Gasteiger partial charge in [0.2, 0.25) is 0 Å². The van der Waals surface area contributed by atoms with E-state index < -0.39 is 34.7 Å². The lowest BCUT2D eigenvalue weighted by Crippen LogP contribution is -2.39. The van der Waals surface area contributed by atoms with Gasteiger partial charge in [-0.2, -0.15) is 8.42 Å². The van der Waals surface area contributed by atoms with Crippen LogP contribution in [0.5, 0.6) is 0 Å². The van der Waals surface area contributed by atoms with E-state index in [0.29, 0.717) is 4.90 Å². The molecule has 1 aromatic carbocycles. The molecule has 1 rings (SSSR count). The van der Waals surface area contributed by atoms with E-state index in [0.717, 1.165) is 11.8 Å². The van der Waals surface area contributed by atoms with E-state index in [4.69, 9.17) is 13.2 Å². The normalized spacial score (nSPS) is 14.9. The van der Waals surface area contributed by atoms with Gasteiger partial charge in [-0.3, -0.25) is 8.75 Å². The lowest BCUT2D eigenvalue weighted by molar-refractivity contribution is 0.212. The summed E-state index contributed by atoms with van der Waals surface area (Å²) in [6.07, 6.45) is 0.730. The van der Waals surface area contributed by atoms with E-state index in [1.54, 1.807) is 26.0 Å². The lowest BCUT2D eigenvalue weighted by Gasteiger charge is -2.23. The van der Waals surface area contributed by atoms with Crippen LogP contribution in [0.2, 0.25) is 0 Å². The van der Waals surface area contributed by atoms with Gasteiger partial charge in [0.1, 0.15) is 11.0 Å². The Morgan fingerprint density at radius 1 is 1.15 bits per heavy atom. The van der Waals surface area contributed by atoms with Gasteiger partial charge in [0.15, 0.2) is 0 Å². The fraction of sp³-hybridized carbons (Fsp3) is 0.600. The van der Waals surface area contributed by atoms with Crippen molar-refractivity contribution in [1.82, 2.24) is 4.72 Å². The molecule has 1 aromatic rings. The van der Waals surface area contributed by atoms with Gasteiger partial charge in [-0.25, -0.2) is 8.93 Å². The zero-order valence-corrected chi connectivity index (χ0v) is 17.9. The summed E-state index contributed by atoms with van der Waals surface area (Å²) < 4.78 is 65.8. The molecule has 1 N–H and O–H groups in total. The molecule has 0 bridgehead atoms. The molecule has 26 heavy (non-hydrogen) atoms. The van der Waals surface area contributed by atoms with E-state index >= 15 is 0 Å². The standard InChI is InChI=1S/C15H26NO7PS2/c1-5-21-24(17,22-6-2)12-14(11-23-26(4,19)20)16-25(18)15-9-7-13(3)8-10-15/h7-10,14,16H,5-6,11-12H2,1-4H3/t14-,25+/m1/s1. The number of rotatable bonds is 12. The van der Waals surface area contributed by atoms with Crippen molar-refractivity contribution in [3.63, 3.8) is 0 Å². The van der Waals surface area contributed by atoms with Crippen molar-refractivity contribution in [3.05, 3.63) is 29.8 Å². The van der Waals surface area contributed by atoms with Crippen LogP contribution in [0.1, 0.15) is 19.4 Å². The SMILES string of the molecule is CCOP(=O)(C[C@@H](COS(C)(=O)=O)N[S@@](=O)c1ccc(C)cc1)OCC. The predicted octanol–water partition coefficient (Wildman–Crippen LogP) is 2.22. The Labute approximate surface area is 157 Å². The fourth-order valence-electron chi connectivity index (χ4n) is 2.02. The van der Waals surface area contributed by atoms with Gasteiger partial charge < -0.3 is 9.05 Å². The second-order valence-corrected chi connectivity index (χ2v) is 10.5. The van der Waals surface area contributed by atoms with Crippen LogP contribution in [0, 0.1) is 6.92 Å². The summed E-state index contributed by atoms with van der Waals surface area (Å²) >= 11 is 0. The first-order valence-corrected chi connectivity index (χ1v) is 12.7. The highest BCUT2D eigenvalue weighted by atomic mass is 32.2. The van der Waals surface area contributed by atoms with Crippen LogP contribution in [0.3, 0.4) is 0 Å². The summed E-state index contributed by atoms with van der Waals surface area (Å²) in [6.45, 7) is 5.23. The summed E-state index contributed by atoms with van der Waals surface area (Å²) in [4.78, 5) is 0.502. The highest BCUT2D eigenvalue weighted by Gasteiger charge is 2.30. The van der Waals surface area contributed by atoms with Crippen LogP contribution in [0.15, 0.2) is 29.2 Å². The lowest BCUT2D eigenvalue weighted by atomic mass is 10.2. The van der Waals surface area contributed by atoms with E-state index in [-0.39, 0.29) is 26.0 Å². The topological polar surface area (TPSA) is 108 Å². The molecule has 150 valence electrons. The van der Waals surface area contributed by atoms with Crippen molar-refractivity contribution in [1.29, 1.82) is 0 Å². The molecular formula is C15H26NO7PS2. The van der Waals surface area contributed by atoms with Crippen LogP contribution in [-0.2, 0) is 38.9 Å². The number of hydrogen-bond donors (Lipinski definition) is 1. The molecular weight excluding hydrogens is 401 g/mol. The van der Waals surface area contributed by atoms with Crippen molar-refractivity contribution in [2.75, 3.05) is 32.2 Å². The van der Waals surface area contributed by atoms with E-state index in [2.05, 4.69) is 4.72 Å². The third kappa shape index (κ3) is 8.85. The highest BCUT2D eigenvalue weighted by molar-refractivity contribution is 7.86. The fourth-order valence-corrected chi connectivity index (χ4v) is 5.33. The van der Waals surface area contributed by atoms with Gasteiger partial charge in [0.05, 0.1) is 43.2 Å². The smallest absolute Gasteiger partial charge is 0.309 e. The largest absolute Gasteiger partial charge is 0.332 e. The first kappa shape index (κ1) is 23.4. The van der Waals surface area contributed by atoms with Crippen LogP contribution in [-0.4, -0.2) is 50.9 Å². The molecule has 0 spiro atoms. The van der Waals surface area contributed by atoms with Crippen LogP contribution < -0.4 is 4.72 Å². The van der Waals surface area contributed by atoms with Crippen molar-refractivity contribution in [2.45, 2.75) is 31.7 Å². The van der Waals surface area contributed by atoms with Gasteiger partial charge in [-0.1, -0.05) is 17.7 Å². The zero-order chi connectivity index (χ0) is 19.8. The molecule has 0 fully saturated rings. The van der Waals surface area contributed by atoms with Gasteiger partial charge in [0, 0.05) is 0 Å². The Bertz CT molecular complexity index is 727. The molecule has 0 aliphatic heterocycles. The number of nitrogens with one attached hydrogen (secondary N) is 1. The first-order chi connectivity index (χ1) is 12.1. The molecule has 0 saturated heterocycles. The van der Waals surface area contributed by atoms with Crippen LogP contribution >= 0.6 is 7.60 Å². The molecule has 8 nitrogen and oxygen atoms in total. The molecule has 0 aliphatic rings. The van der Waals surface area contributed by atoms with E-state index in [1.807, 2.05) is 19.1 Å². The average molecular weight is 427 g/mol. The Balaban J connectivity index is 2.94. The monoisotopic (exact) mass is 427 g/mol. The molecule has 0 amide bonds. The van der Waals surface area contributed by atoms with E-state index in [1.165, 1.54) is 0 Å². The molecule has 0 saturated carbocycles. The number of aryl methyl sites for hydroxylation is 1. The second-order valence-electron chi connectivity index (χ2n) is 5.51. The highest BCUT2D eigenvalue weighted by Crippen LogP contribution is 2.48. The summed E-state index contributed by atoms with van der Waals surface area (Å²) in [5.41, 5.74) is 1.01. The Morgan fingerprint density at radius 3 is 2.15 bits per heavy atom. The molecule has 11 heteroatoms. The third-order valence-corrected chi connectivity index (χ3v) is 7.09. The maximum atomic E-state index is 12.7. The third-order valence-electron chi connectivity index (χ3n) is 3.09. The predicted molar refractivity (Wildman–Crippen MR) is 101 cm³/mol. The summed E-state index contributed by atoms with van der Waals surface area (Å²) in [5.74, 6) is 0. The zero-order valence-electron chi connectivity index (χ0n) is 15.3. The summed E-state index contributed by atoms with van der Waals surface area (Å²) in [7, 11) is -8.85. The minimum absolute atomic E-state index is 0.165.